The normalized spacial score (nSPS) is 10.9. The number of aryl methyl sites for hydroxylation is 2. The minimum atomic E-state index is -0.537. The van der Waals surface area contributed by atoms with Crippen LogP contribution in [0.2, 0.25) is 0 Å². The number of anilines is 2. The lowest BCUT2D eigenvalue weighted by atomic mass is 10.1. The summed E-state index contributed by atoms with van der Waals surface area (Å²) < 4.78 is 2.93. The van der Waals surface area contributed by atoms with Gasteiger partial charge in [-0.05, 0) is 66.2 Å². The smallest absolute Gasteiger partial charge is 0.326 e. The average molecular weight is 477 g/mol. The molecule has 0 aliphatic rings. The summed E-state index contributed by atoms with van der Waals surface area (Å²) in [7, 11) is 0. The van der Waals surface area contributed by atoms with Crippen LogP contribution in [-0.2, 0) is 22.7 Å². The second kappa shape index (κ2) is 9.48. The number of aromatic nitrogens is 2. The standard InChI is InChI=1S/C25H24N4O4S/c1-15-4-5-18(12-16(15)2)13-29-24(32)23-21(10-11-34-23)28(25(29)33)14-22(31)27-20-8-6-19(7-9-20)26-17(3)30/h4-12H,13-14H2,1-3H3,(H,26,30)(H,27,31). The molecule has 34 heavy (non-hydrogen) atoms. The van der Waals surface area contributed by atoms with E-state index in [1.54, 1.807) is 35.7 Å². The number of nitrogens with one attached hydrogen (secondary N) is 2. The van der Waals surface area contributed by atoms with Crippen LogP contribution in [0.3, 0.4) is 0 Å². The first kappa shape index (κ1) is 23.2. The molecule has 9 heteroatoms. The van der Waals surface area contributed by atoms with Crippen molar-refractivity contribution < 1.29 is 9.59 Å². The van der Waals surface area contributed by atoms with Crippen LogP contribution in [0.1, 0.15) is 23.6 Å². The molecular weight excluding hydrogens is 452 g/mol. The van der Waals surface area contributed by atoms with Gasteiger partial charge < -0.3 is 10.6 Å². The predicted molar refractivity (Wildman–Crippen MR) is 135 cm³/mol. The Balaban J connectivity index is 1.63. The number of benzene rings is 2. The first-order chi connectivity index (χ1) is 16.2. The van der Waals surface area contributed by atoms with Crippen molar-refractivity contribution in [2.24, 2.45) is 0 Å². The number of thiophene rings is 1. The van der Waals surface area contributed by atoms with Gasteiger partial charge in [0.2, 0.25) is 11.8 Å². The molecule has 2 aromatic carbocycles. The zero-order valence-corrected chi connectivity index (χ0v) is 19.9. The lowest BCUT2D eigenvalue weighted by molar-refractivity contribution is -0.117. The summed E-state index contributed by atoms with van der Waals surface area (Å²) in [6.07, 6.45) is 0. The van der Waals surface area contributed by atoms with Gasteiger partial charge in [0.15, 0.2) is 0 Å². The Bertz CT molecular complexity index is 1510. The Morgan fingerprint density at radius 3 is 2.21 bits per heavy atom. The first-order valence-electron chi connectivity index (χ1n) is 10.7. The van der Waals surface area contributed by atoms with Crippen molar-refractivity contribution in [3.8, 4) is 0 Å². The van der Waals surface area contributed by atoms with Crippen LogP contribution in [0.4, 0.5) is 11.4 Å². The Hall–Kier alpha value is -3.98. The van der Waals surface area contributed by atoms with Crippen molar-refractivity contribution in [2.45, 2.75) is 33.9 Å². The largest absolute Gasteiger partial charge is 0.332 e. The van der Waals surface area contributed by atoms with E-state index >= 15 is 0 Å². The maximum Gasteiger partial charge on any atom is 0.332 e. The molecule has 0 aliphatic carbocycles. The molecule has 174 valence electrons. The number of rotatable bonds is 6. The summed E-state index contributed by atoms with van der Waals surface area (Å²) in [6, 6.07) is 14.2. The summed E-state index contributed by atoms with van der Waals surface area (Å²) in [5, 5.41) is 7.15. The summed E-state index contributed by atoms with van der Waals surface area (Å²) in [5.74, 6) is -0.592. The molecule has 0 aliphatic heterocycles. The molecule has 2 heterocycles. The third-order valence-corrected chi connectivity index (χ3v) is 6.43. The van der Waals surface area contributed by atoms with Crippen LogP contribution in [0.25, 0.3) is 10.2 Å². The molecule has 0 spiro atoms. The van der Waals surface area contributed by atoms with E-state index in [0.717, 1.165) is 16.7 Å². The second-order valence-corrected chi connectivity index (χ2v) is 9.04. The molecule has 2 amide bonds. The van der Waals surface area contributed by atoms with Gasteiger partial charge >= 0.3 is 5.69 Å². The predicted octanol–water partition coefficient (Wildman–Crippen LogP) is 3.49. The van der Waals surface area contributed by atoms with Crippen molar-refractivity contribution in [1.82, 2.24) is 9.13 Å². The molecule has 0 saturated carbocycles. The summed E-state index contributed by atoms with van der Waals surface area (Å²) in [4.78, 5) is 50.3. The molecule has 0 unspecified atom stereocenters. The lowest BCUT2D eigenvalue weighted by Crippen LogP contribution is -2.41. The van der Waals surface area contributed by atoms with Crippen molar-refractivity contribution in [3.63, 3.8) is 0 Å². The fraction of sp³-hybridized carbons (Fsp3) is 0.200. The highest BCUT2D eigenvalue weighted by Gasteiger charge is 2.17. The highest BCUT2D eigenvalue weighted by Crippen LogP contribution is 2.17. The van der Waals surface area contributed by atoms with Crippen LogP contribution >= 0.6 is 11.3 Å². The number of amides is 2. The SMILES string of the molecule is CC(=O)Nc1ccc(NC(=O)Cn2c(=O)n(Cc3ccc(C)c(C)c3)c(=O)c3sccc32)cc1. The Morgan fingerprint density at radius 2 is 1.56 bits per heavy atom. The molecule has 2 N–H and O–H groups in total. The topological polar surface area (TPSA) is 102 Å². The van der Waals surface area contributed by atoms with Gasteiger partial charge in [-0.1, -0.05) is 18.2 Å². The molecule has 8 nitrogen and oxygen atoms in total. The molecule has 4 rings (SSSR count). The van der Waals surface area contributed by atoms with E-state index in [0.29, 0.717) is 21.6 Å². The van der Waals surface area contributed by atoms with Crippen molar-refractivity contribution >= 4 is 44.7 Å². The van der Waals surface area contributed by atoms with Crippen molar-refractivity contribution in [3.05, 3.63) is 91.4 Å². The molecule has 2 aromatic heterocycles. The van der Waals surface area contributed by atoms with Crippen LogP contribution in [0.15, 0.2) is 63.5 Å². The van der Waals surface area contributed by atoms with Crippen molar-refractivity contribution in [1.29, 1.82) is 0 Å². The number of nitrogens with zero attached hydrogens (tertiary/aromatic N) is 2. The third kappa shape index (κ3) is 4.84. The van der Waals surface area contributed by atoms with Gasteiger partial charge in [-0.2, -0.15) is 0 Å². The Labute approximate surface area is 199 Å². The molecule has 4 aromatic rings. The molecule has 0 radical (unpaired) electrons. The Kier molecular flexibility index (Phi) is 6.47. The molecule has 0 fully saturated rings. The maximum atomic E-state index is 13.3. The van der Waals surface area contributed by atoms with E-state index in [-0.39, 0.29) is 24.6 Å². The minimum Gasteiger partial charge on any atom is -0.326 e. The van der Waals surface area contributed by atoms with Crippen LogP contribution in [0.5, 0.6) is 0 Å². The monoisotopic (exact) mass is 476 g/mol. The van der Waals surface area contributed by atoms with Gasteiger partial charge in [0.1, 0.15) is 11.2 Å². The van der Waals surface area contributed by atoms with Gasteiger partial charge in [-0.25, -0.2) is 4.79 Å². The van der Waals surface area contributed by atoms with E-state index in [4.69, 9.17) is 0 Å². The number of hydrogen-bond acceptors (Lipinski definition) is 5. The van der Waals surface area contributed by atoms with E-state index in [1.807, 2.05) is 32.0 Å². The summed E-state index contributed by atoms with van der Waals surface area (Å²) in [5.41, 5.74) is 3.72. The number of hydrogen-bond donors (Lipinski definition) is 2. The number of fused-ring (bicyclic) bond motifs is 1. The lowest BCUT2D eigenvalue weighted by Gasteiger charge is -2.13. The highest BCUT2D eigenvalue weighted by molar-refractivity contribution is 7.17. The molecule has 0 saturated heterocycles. The minimum absolute atomic E-state index is 0.124. The van der Waals surface area contributed by atoms with Gasteiger partial charge in [0, 0.05) is 18.3 Å². The van der Waals surface area contributed by atoms with E-state index in [1.165, 1.54) is 27.4 Å². The number of carbonyl (C=O) groups excluding carboxylic acids is 2. The Morgan fingerprint density at radius 1 is 0.882 bits per heavy atom. The van der Waals surface area contributed by atoms with E-state index in [2.05, 4.69) is 10.6 Å². The summed E-state index contributed by atoms with van der Waals surface area (Å²) in [6.45, 7) is 5.28. The number of carbonyl (C=O) groups is 2. The molecular formula is C25H24N4O4S. The van der Waals surface area contributed by atoms with Crippen LogP contribution < -0.4 is 21.9 Å². The van der Waals surface area contributed by atoms with Crippen molar-refractivity contribution in [2.75, 3.05) is 10.6 Å². The first-order valence-corrected chi connectivity index (χ1v) is 11.6. The van der Waals surface area contributed by atoms with Gasteiger partial charge in [-0.15, -0.1) is 11.3 Å². The maximum absolute atomic E-state index is 13.3. The zero-order chi connectivity index (χ0) is 24.4. The zero-order valence-electron chi connectivity index (χ0n) is 19.0. The van der Waals surface area contributed by atoms with Gasteiger partial charge in [0.05, 0.1) is 12.1 Å². The van der Waals surface area contributed by atoms with Gasteiger partial charge in [0.25, 0.3) is 5.56 Å². The summed E-state index contributed by atoms with van der Waals surface area (Å²) >= 11 is 1.25. The van der Waals surface area contributed by atoms with Gasteiger partial charge in [-0.3, -0.25) is 23.5 Å². The van der Waals surface area contributed by atoms with Crippen LogP contribution in [0, 0.1) is 13.8 Å². The third-order valence-electron chi connectivity index (χ3n) is 5.54. The quantitative estimate of drug-likeness (QED) is 0.445. The van der Waals surface area contributed by atoms with Crippen LogP contribution in [-0.4, -0.2) is 20.9 Å². The fourth-order valence-electron chi connectivity index (χ4n) is 3.69. The van der Waals surface area contributed by atoms with E-state index in [9.17, 15) is 19.2 Å². The second-order valence-electron chi connectivity index (χ2n) is 8.12. The van der Waals surface area contributed by atoms with E-state index < -0.39 is 11.6 Å². The average Bonchev–Trinajstić information content (AvgIpc) is 3.28. The fourth-order valence-corrected chi connectivity index (χ4v) is 4.54. The highest BCUT2D eigenvalue weighted by atomic mass is 32.1. The molecule has 0 atom stereocenters. The molecule has 0 bridgehead atoms.